The molecule has 0 unspecified atom stereocenters. The molecule has 1 aromatic carbocycles. The maximum Gasteiger partial charge on any atom is 0.334 e. The molecule has 1 aromatic rings. The van der Waals surface area contributed by atoms with Gasteiger partial charge in [-0.2, -0.15) is 5.26 Å². The van der Waals surface area contributed by atoms with E-state index < -0.39 is 17.8 Å². The molecule has 124 valence electrons. The molecule has 0 spiro atoms. The van der Waals surface area contributed by atoms with E-state index in [-0.39, 0.29) is 18.5 Å². The van der Waals surface area contributed by atoms with E-state index in [1.165, 1.54) is 0 Å². The summed E-state index contributed by atoms with van der Waals surface area (Å²) in [6.45, 7) is 2.07. The molecule has 1 saturated heterocycles. The molecular weight excluding hydrogens is 306 g/mol. The monoisotopic (exact) mass is 325 g/mol. The van der Waals surface area contributed by atoms with E-state index in [0.29, 0.717) is 11.1 Å². The molecule has 6 nitrogen and oxygen atoms in total. The number of amides is 4. The molecule has 1 saturated carbocycles. The Bertz CT molecular complexity index is 720. The van der Waals surface area contributed by atoms with Crippen LogP contribution in [0.1, 0.15) is 43.7 Å². The van der Waals surface area contributed by atoms with Gasteiger partial charge in [0.2, 0.25) is 0 Å². The maximum atomic E-state index is 12.7. The summed E-state index contributed by atoms with van der Waals surface area (Å²) in [6.07, 6.45) is 3.79. The van der Waals surface area contributed by atoms with Crippen LogP contribution < -0.4 is 0 Å². The van der Waals surface area contributed by atoms with Crippen molar-refractivity contribution in [3.8, 4) is 6.07 Å². The van der Waals surface area contributed by atoms with Gasteiger partial charge >= 0.3 is 17.8 Å². The first kappa shape index (κ1) is 16.2. The number of nitriles is 1. The van der Waals surface area contributed by atoms with Crippen molar-refractivity contribution >= 4 is 17.8 Å². The topological polar surface area (TPSA) is 81.5 Å². The maximum absolute atomic E-state index is 12.7. The fourth-order valence-corrected chi connectivity index (χ4v) is 3.50. The van der Waals surface area contributed by atoms with Crippen molar-refractivity contribution in [1.29, 1.82) is 5.26 Å². The van der Waals surface area contributed by atoms with E-state index in [2.05, 4.69) is 0 Å². The standard InChI is InChI=1S/C18H19N3O3/c1-12-4-2-3-5-15(12)21-17(23)16(22)20(18(21)24)11-14-8-6-13(10-19)7-9-14/h6-9,12,15H,2-5,11H2,1H3/t12-,15+/m0/s1. The fraction of sp³-hybridized carbons (Fsp3) is 0.444. The van der Waals surface area contributed by atoms with Crippen LogP contribution in [-0.2, 0) is 16.1 Å². The molecule has 3 rings (SSSR count). The van der Waals surface area contributed by atoms with Crippen LogP contribution in [0.15, 0.2) is 24.3 Å². The van der Waals surface area contributed by atoms with E-state index in [1.54, 1.807) is 24.3 Å². The molecule has 4 amide bonds. The molecule has 2 atom stereocenters. The largest absolute Gasteiger partial charge is 0.334 e. The highest BCUT2D eigenvalue weighted by atomic mass is 16.2. The third-order valence-corrected chi connectivity index (χ3v) is 4.91. The molecule has 2 fully saturated rings. The SMILES string of the molecule is C[C@H]1CCCC[C@H]1N1C(=O)C(=O)N(Cc2ccc(C#N)cc2)C1=O. The third-order valence-electron chi connectivity index (χ3n) is 4.91. The number of hydrogen-bond donors (Lipinski definition) is 0. The van der Waals surface area contributed by atoms with Crippen molar-refractivity contribution < 1.29 is 14.4 Å². The first-order valence-corrected chi connectivity index (χ1v) is 8.21. The van der Waals surface area contributed by atoms with Gasteiger partial charge in [-0.05, 0) is 36.5 Å². The first-order valence-electron chi connectivity index (χ1n) is 8.21. The summed E-state index contributed by atoms with van der Waals surface area (Å²) < 4.78 is 0. The number of carbonyl (C=O) groups is 3. The van der Waals surface area contributed by atoms with E-state index in [4.69, 9.17) is 5.26 Å². The highest BCUT2D eigenvalue weighted by Gasteiger charge is 2.48. The predicted octanol–water partition coefficient (Wildman–Crippen LogP) is 2.43. The van der Waals surface area contributed by atoms with Crippen LogP contribution in [0, 0.1) is 17.2 Å². The van der Waals surface area contributed by atoms with Crippen LogP contribution in [0.25, 0.3) is 0 Å². The van der Waals surface area contributed by atoms with Crippen molar-refractivity contribution in [2.45, 2.75) is 45.2 Å². The predicted molar refractivity (Wildman–Crippen MR) is 85.4 cm³/mol. The molecule has 1 heterocycles. The minimum absolute atomic E-state index is 0.0483. The Morgan fingerprint density at radius 2 is 1.75 bits per heavy atom. The molecule has 1 aliphatic carbocycles. The Morgan fingerprint density at radius 3 is 2.38 bits per heavy atom. The van der Waals surface area contributed by atoms with Gasteiger partial charge in [-0.15, -0.1) is 0 Å². The number of urea groups is 1. The minimum atomic E-state index is -0.762. The van der Waals surface area contributed by atoms with Crippen molar-refractivity contribution in [3.05, 3.63) is 35.4 Å². The van der Waals surface area contributed by atoms with Crippen LogP contribution in [0.3, 0.4) is 0 Å². The lowest BCUT2D eigenvalue weighted by Gasteiger charge is -2.34. The Hall–Kier alpha value is -2.68. The Kier molecular flexibility index (Phi) is 4.34. The van der Waals surface area contributed by atoms with Crippen LogP contribution >= 0.6 is 0 Å². The zero-order chi connectivity index (χ0) is 17.3. The first-order chi connectivity index (χ1) is 11.5. The average molecular weight is 325 g/mol. The van der Waals surface area contributed by atoms with Gasteiger partial charge in [-0.3, -0.25) is 19.4 Å². The van der Waals surface area contributed by atoms with Gasteiger partial charge in [0.25, 0.3) is 0 Å². The van der Waals surface area contributed by atoms with E-state index in [9.17, 15) is 14.4 Å². The van der Waals surface area contributed by atoms with Gasteiger partial charge in [-0.1, -0.05) is 31.9 Å². The van der Waals surface area contributed by atoms with Crippen LogP contribution in [0.2, 0.25) is 0 Å². The summed E-state index contributed by atoms with van der Waals surface area (Å²) in [4.78, 5) is 39.4. The second kappa shape index (κ2) is 6.44. The highest BCUT2D eigenvalue weighted by molar-refractivity contribution is 6.44. The number of rotatable bonds is 3. The third kappa shape index (κ3) is 2.78. The Balaban J connectivity index is 1.79. The van der Waals surface area contributed by atoms with Gasteiger partial charge < -0.3 is 0 Å². The zero-order valence-corrected chi connectivity index (χ0v) is 13.6. The second-order valence-electron chi connectivity index (χ2n) is 6.49. The number of carbonyl (C=O) groups excluding carboxylic acids is 3. The summed E-state index contributed by atoms with van der Waals surface area (Å²) in [5.74, 6) is -1.26. The van der Waals surface area contributed by atoms with Gasteiger partial charge in [0, 0.05) is 6.04 Å². The molecule has 1 aliphatic heterocycles. The minimum Gasteiger partial charge on any atom is -0.263 e. The summed E-state index contributed by atoms with van der Waals surface area (Å²) in [7, 11) is 0. The summed E-state index contributed by atoms with van der Waals surface area (Å²) in [5.41, 5.74) is 1.22. The van der Waals surface area contributed by atoms with Crippen molar-refractivity contribution in [2.75, 3.05) is 0 Å². The highest BCUT2D eigenvalue weighted by Crippen LogP contribution is 2.31. The van der Waals surface area contributed by atoms with Crippen molar-refractivity contribution in [1.82, 2.24) is 9.80 Å². The van der Waals surface area contributed by atoms with Crippen LogP contribution in [-0.4, -0.2) is 33.7 Å². The molecule has 24 heavy (non-hydrogen) atoms. The summed E-state index contributed by atoms with van der Waals surface area (Å²) >= 11 is 0. The Morgan fingerprint density at radius 1 is 1.08 bits per heavy atom. The molecule has 2 aliphatic rings. The number of hydrogen-bond acceptors (Lipinski definition) is 4. The molecule has 0 aromatic heterocycles. The van der Waals surface area contributed by atoms with E-state index >= 15 is 0 Å². The number of benzene rings is 1. The smallest absolute Gasteiger partial charge is 0.263 e. The van der Waals surface area contributed by atoms with E-state index in [1.807, 2.05) is 13.0 Å². The molecule has 6 heteroatoms. The fourth-order valence-electron chi connectivity index (χ4n) is 3.50. The molecular formula is C18H19N3O3. The van der Waals surface area contributed by atoms with Gasteiger partial charge in [0.1, 0.15) is 0 Å². The number of imide groups is 2. The Labute approximate surface area is 140 Å². The second-order valence-corrected chi connectivity index (χ2v) is 6.49. The lowest BCUT2D eigenvalue weighted by atomic mass is 9.85. The van der Waals surface area contributed by atoms with Crippen molar-refractivity contribution in [2.24, 2.45) is 5.92 Å². The van der Waals surface area contributed by atoms with Gasteiger partial charge in [0.05, 0.1) is 18.2 Å². The van der Waals surface area contributed by atoms with Crippen LogP contribution in [0.4, 0.5) is 4.79 Å². The average Bonchev–Trinajstić information content (AvgIpc) is 2.80. The molecule has 0 bridgehead atoms. The summed E-state index contributed by atoms with van der Waals surface area (Å²) in [6, 6.07) is 7.95. The van der Waals surface area contributed by atoms with E-state index in [0.717, 1.165) is 35.5 Å². The van der Waals surface area contributed by atoms with Crippen LogP contribution in [0.5, 0.6) is 0 Å². The number of nitrogens with zero attached hydrogens (tertiary/aromatic N) is 3. The lowest BCUT2D eigenvalue weighted by molar-refractivity contribution is -0.144. The lowest BCUT2D eigenvalue weighted by Crippen LogP contribution is -2.46. The molecule has 0 N–H and O–H groups in total. The van der Waals surface area contributed by atoms with Crippen molar-refractivity contribution in [3.63, 3.8) is 0 Å². The molecule has 0 radical (unpaired) electrons. The zero-order valence-electron chi connectivity index (χ0n) is 13.6. The normalized spacial score (nSPS) is 24.4. The van der Waals surface area contributed by atoms with Gasteiger partial charge in [0.15, 0.2) is 0 Å². The van der Waals surface area contributed by atoms with Gasteiger partial charge in [-0.25, -0.2) is 4.79 Å². The quantitative estimate of drug-likeness (QED) is 0.631. The summed E-state index contributed by atoms with van der Waals surface area (Å²) in [5, 5.41) is 8.82.